The van der Waals surface area contributed by atoms with Gasteiger partial charge in [0.2, 0.25) is 0 Å². The Morgan fingerprint density at radius 3 is 3.00 bits per heavy atom. The Labute approximate surface area is 132 Å². The van der Waals surface area contributed by atoms with Gasteiger partial charge in [0.05, 0.1) is 35.8 Å². The molecule has 6 heteroatoms. The molecule has 110 valence electrons. The average Bonchev–Trinajstić information content (AvgIpc) is 3.14. The van der Waals surface area contributed by atoms with Gasteiger partial charge in [-0.3, -0.25) is 0 Å². The Balaban J connectivity index is 2.05. The molecule has 0 aliphatic carbocycles. The summed E-state index contributed by atoms with van der Waals surface area (Å²) in [6.07, 6.45) is 0.971. The minimum absolute atomic E-state index is 0.367. The molecule has 0 aliphatic rings. The minimum atomic E-state index is 0.367. The molecule has 0 spiro atoms. The molecule has 2 aromatic heterocycles. The first-order valence-corrected chi connectivity index (χ1v) is 8.35. The monoisotopic (exact) mass is 321 g/mol. The van der Waals surface area contributed by atoms with Crippen LogP contribution in [0.1, 0.15) is 24.9 Å². The fourth-order valence-electron chi connectivity index (χ4n) is 2.25. The molecule has 0 saturated carbocycles. The quantitative estimate of drug-likeness (QED) is 0.642. The molecule has 4 nitrogen and oxygen atoms in total. The van der Waals surface area contributed by atoms with Gasteiger partial charge in [-0.25, -0.2) is 9.97 Å². The van der Waals surface area contributed by atoms with Crippen LogP contribution in [-0.2, 0) is 12.4 Å². The first-order chi connectivity index (χ1) is 10.3. The van der Waals surface area contributed by atoms with Crippen LogP contribution in [0, 0.1) is 0 Å². The van der Waals surface area contributed by atoms with E-state index in [1.165, 1.54) is 0 Å². The second-order valence-electron chi connectivity index (χ2n) is 4.70. The number of imidazole rings is 1. The zero-order chi connectivity index (χ0) is 14.7. The van der Waals surface area contributed by atoms with Gasteiger partial charge in [0.25, 0.3) is 0 Å². The van der Waals surface area contributed by atoms with E-state index in [0.29, 0.717) is 19.0 Å². The zero-order valence-electron chi connectivity index (χ0n) is 11.8. The number of alkyl halides is 1. The number of nitrogens with zero attached hydrogens (tertiary/aromatic N) is 3. The molecule has 0 aliphatic heterocycles. The van der Waals surface area contributed by atoms with Crippen LogP contribution in [0.3, 0.4) is 0 Å². The number of benzene rings is 1. The predicted octanol–water partition coefficient (Wildman–Crippen LogP) is 4.07. The summed E-state index contributed by atoms with van der Waals surface area (Å²) in [5, 5.41) is 2.04. The lowest BCUT2D eigenvalue weighted by Gasteiger charge is -2.07. The third-order valence-corrected chi connectivity index (χ3v) is 4.08. The first kappa shape index (κ1) is 14.4. The van der Waals surface area contributed by atoms with Crippen molar-refractivity contribution in [3.8, 4) is 5.75 Å². The van der Waals surface area contributed by atoms with Crippen molar-refractivity contribution < 1.29 is 4.74 Å². The molecule has 0 N–H and O–H groups in total. The van der Waals surface area contributed by atoms with E-state index >= 15 is 0 Å². The highest BCUT2D eigenvalue weighted by molar-refractivity contribution is 7.07. The van der Waals surface area contributed by atoms with Gasteiger partial charge < -0.3 is 9.30 Å². The molecule has 0 radical (unpaired) electrons. The SMILES string of the molecule is CCCOc1cccc2c1nc(CCl)n2Cc1cscn1. The summed E-state index contributed by atoms with van der Waals surface area (Å²) in [6, 6.07) is 5.99. The summed E-state index contributed by atoms with van der Waals surface area (Å²) in [5.41, 5.74) is 4.76. The smallest absolute Gasteiger partial charge is 0.147 e. The lowest BCUT2D eigenvalue weighted by molar-refractivity contribution is 0.320. The van der Waals surface area contributed by atoms with Crippen LogP contribution in [0.15, 0.2) is 29.1 Å². The number of fused-ring (bicyclic) bond motifs is 1. The van der Waals surface area contributed by atoms with Crippen LogP contribution in [0.5, 0.6) is 5.75 Å². The summed E-state index contributed by atoms with van der Waals surface area (Å²) in [5.74, 6) is 2.02. The van der Waals surface area contributed by atoms with E-state index < -0.39 is 0 Å². The third kappa shape index (κ3) is 2.89. The first-order valence-electron chi connectivity index (χ1n) is 6.87. The Hall–Kier alpha value is -1.59. The second-order valence-corrected chi connectivity index (χ2v) is 5.69. The maximum absolute atomic E-state index is 6.06. The number of rotatable bonds is 6. The van der Waals surface area contributed by atoms with Gasteiger partial charge in [-0.2, -0.15) is 0 Å². The van der Waals surface area contributed by atoms with Crippen LogP contribution < -0.4 is 4.74 Å². The molecule has 2 heterocycles. The van der Waals surface area contributed by atoms with Crippen molar-refractivity contribution in [2.75, 3.05) is 6.61 Å². The van der Waals surface area contributed by atoms with Crippen LogP contribution in [0.2, 0.25) is 0 Å². The summed E-state index contributed by atoms with van der Waals surface area (Å²) < 4.78 is 7.89. The second kappa shape index (κ2) is 6.45. The Morgan fingerprint density at radius 2 is 2.29 bits per heavy atom. The fourth-order valence-corrected chi connectivity index (χ4v) is 3.01. The van der Waals surface area contributed by atoms with Gasteiger partial charge in [0.1, 0.15) is 17.1 Å². The molecule has 0 saturated heterocycles. The molecule has 21 heavy (non-hydrogen) atoms. The van der Waals surface area contributed by atoms with Crippen LogP contribution in [0.25, 0.3) is 11.0 Å². The molecular weight excluding hydrogens is 306 g/mol. The van der Waals surface area contributed by atoms with E-state index in [4.69, 9.17) is 16.3 Å². The average molecular weight is 322 g/mol. The molecule has 3 aromatic rings. The lowest BCUT2D eigenvalue weighted by atomic mass is 10.3. The number of aromatic nitrogens is 3. The summed E-state index contributed by atoms with van der Waals surface area (Å²) in [4.78, 5) is 8.99. The largest absolute Gasteiger partial charge is 0.491 e. The van der Waals surface area contributed by atoms with Gasteiger partial charge in [0, 0.05) is 5.38 Å². The normalized spacial score (nSPS) is 11.1. The number of hydrogen-bond donors (Lipinski definition) is 0. The summed E-state index contributed by atoms with van der Waals surface area (Å²) >= 11 is 7.65. The molecule has 1 aromatic carbocycles. The molecule has 0 amide bonds. The Bertz CT molecular complexity index is 724. The molecule has 0 atom stereocenters. The zero-order valence-corrected chi connectivity index (χ0v) is 13.3. The molecule has 0 bridgehead atoms. The molecule has 3 rings (SSSR count). The molecule has 0 fully saturated rings. The highest BCUT2D eigenvalue weighted by Gasteiger charge is 2.14. The number of hydrogen-bond acceptors (Lipinski definition) is 4. The number of thiazole rings is 1. The van der Waals surface area contributed by atoms with Crippen LogP contribution >= 0.6 is 22.9 Å². The number of para-hydroxylation sites is 1. The van der Waals surface area contributed by atoms with Crippen molar-refractivity contribution in [3.63, 3.8) is 0 Å². The van der Waals surface area contributed by atoms with Gasteiger partial charge in [-0.05, 0) is 18.6 Å². The standard InChI is InChI=1S/C15H16ClN3OS/c1-2-6-20-13-5-3-4-12-15(13)18-14(7-16)19(12)8-11-9-21-10-17-11/h3-5,9-10H,2,6-8H2,1H3. The van der Waals surface area contributed by atoms with E-state index in [-0.39, 0.29) is 0 Å². The van der Waals surface area contributed by atoms with Crippen LogP contribution in [-0.4, -0.2) is 21.1 Å². The lowest BCUT2D eigenvalue weighted by Crippen LogP contribution is -2.04. The van der Waals surface area contributed by atoms with E-state index in [1.807, 2.05) is 29.1 Å². The highest BCUT2D eigenvalue weighted by atomic mass is 35.5. The summed E-state index contributed by atoms with van der Waals surface area (Å²) in [7, 11) is 0. The minimum Gasteiger partial charge on any atom is -0.491 e. The van der Waals surface area contributed by atoms with E-state index in [0.717, 1.165) is 34.7 Å². The van der Waals surface area contributed by atoms with Crippen molar-refractivity contribution in [2.24, 2.45) is 0 Å². The number of ether oxygens (including phenoxy) is 1. The fraction of sp³-hybridized carbons (Fsp3) is 0.333. The summed E-state index contributed by atoms with van der Waals surface area (Å²) in [6.45, 7) is 3.46. The van der Waals surface area contributed by atoms with Gasteiger partial charge >= 0.3 is 0 Å². The van der Waals surface area contributed by atoms with E-state index in [9.17, 15) is 0 Å². The van der Waals surface area contributed by atoms with Crippen molar-refractivity contribution in [2.45, 2.75) is 25.8 Å². The highest BCUT2D eigenvalue weighted by Crippen LogP contribution is 2.27. The van der Waals surface area contributed by atoms with Gasteiger partial charge in [0.15, 0.2) is 0 Å². The van der Waals surface area contributed by atoms with Gasteiger partial charge in [-0.1, -0.05) is 13.0 Å². The number of halogens is 1. The maximum Gasteiger partial charge on any atom is 0.147 e. The van der Waals surface area contributed by atoms with Crippen molar-refractivity contribution >= 4 is 34.0 Å². The van der Waals surface area contributed by atoms with Crippen molar-refractivity contribution in [1.29, 1.82) is 0 Å². The van der Waals surface area contributed by atoms with Crippen LogP contribution in [0.4, 0.5) is 0 Å². The van der Waals surface area contributed by atoms with Gasteiger partial charge in [-0.15, -0.1) is 22.9 Å². The topological polar surface area (TPSA) is 39.9 Å². The Morgan fingerprint density at radius 1 is 1.38 bits per heavy atom. The van der Waals surface area contributed by atoms with E-state index in [2.05, 4.69) is 21.5 Å². The van der Waals surface area contributed by atoms with Crippen molar-refractivity contribution in [1.82, 2.24) is 14.5 Å². The molecule has 0 unspecified atom stereocenters. The third-order valence-electron chi connectivity index (χ3n) is 3.21. The van der Waals surface area contributed by atoms with E-state index in [1.54, 1.807) is 11.3 Å². The maximum atomic E-state index is 6.06. The predicted molar refractivity (Wildman–Crippen MR) is 86.3 cm³/mol. The van der Waals surface area contributed by atoms with Crippen molar-refractivity contribution in [3.05, 3.63) is 40.6 Å². The molecular formula is C15H16ClN3OS. The Kier molecular flexibility index (Phi) is 4.41.